The Morgan fingerprint density at radius 3 is 2.67 bits per heavy atom. The topological polar surface area (TPSA) is 28.7 Å². The average Bonchev–Trinajstić information content (AvgIpc) is 2.79. The lowest BCUT2D eigenvalue weighted by atomic mass is 9.44. The Morgan fingerprint density at radius 2 is 1.95 bits per heavy atom. The number of hydrogen-bond donors (Lipinski definition) is 1. The molecule has 21 heavy (non-hydrogen) atoms. The predicted molar refractivity (Wildman–Crippen MR) is 85.6 cm³/mol. The number of nitrogens with one attached hydrogen (secondary N) is 1. The van der Waals surface area contributed by atoms with Gasteiger partial charge in [-0.3, -0.25) is 0 Å². The fourth-order valence-electron chi connectivity index (χ4n) is 6.23. The number of rotatable bonds is 1. The van der Waals surface area contributed by atoms with E-state index in [2.05, 4.69) is 11.9 Å². The van der Waals surface area contributed by atoms with Crippen molar-refractivity contribution in [2.24, 2.45) is 17.3 Å². The van der Waals surface area contributed by atoms with Gasteiger partial charge in [0.25, 0.3) is 0 Å². The van der Waals surface area contributed by atoms with Gasteiger partial charge in [-0.1, -0.05) is 18.5 Å². The molecule has 2 nitrogen and oxygen atoms in total. The van der Waals surface area contributed by atoms with Crippen LogP contribution in [0.2, 0.25) is 5.02 Å². The number of nitrogens with zero attached hydrogens (tertiary/aromatic N) is 1. The van der Waals surface area contributed by atoms with Crippen LogP contribution in [0.1, 0.15) is 51.3 Å². The summed E-state index contributed by atoms with van der Waals surface area (Å²) in [5.74, 6) is 3.08. The number of imidazole rings is 1. The van der Waals surface area contributed by atoms with Crippen molar-refractivity contribution in [3.8, 4) is 0 Å². The van der Waals surface area contributed by atoms with E-state index in [1.54, 1.807) is 0 Å². The van der Waals surface area contributed by atoms with Crippen LogP contribution in [0.25, 0.3) is 11.0 Å². The van der Waals surface area contributed by atoms with Crippen LogP contribution in [0.3, 0.4) is 0 Å². The van der Waals surface area contributed by atoms with E-state index in [0.717, 1.165) is 27.9 Å². The third kappa shape index (κ3) is 1.75. The lowest BCUT2D eigenvalue weighted by molar-refractivity contribution is -0.0644. The summed E-state index contributed by atoms with van der Waals surface area (Å²) in [5, 5.41) is 0.787. The first-order valence-corrected chi connectivity index (χ1v) is 8.57. The molecule has 0 spiro atoms. The molecule has 4 aliphatic rings. The molecule has 2 aromatic rings. The second-order valence-electron chi connectivity index (χ2n) is 8.30. The molecule has 0 aliphatic heterocycles. The number of fused-ring (bicyclic) bond motifs is 1. The van der Waals surface area contributed by atoms with Crippen LogP contribution in [0.5, 0.6) is 0 Å². The van der Waals surface area contributed by atoms with Gasteiger partial charge in [0.05, 0.1) is 11.0 Å². The monoisotopic (exact) mass is 300 g/mol. The van der Waals surface area contributed by atoms with Crippen LogP contribution in [0, 0.1) is 17.3 Å². The van der Waals surface area contributed by atoms with Crippen molar-refractivity contribution >= 4 is 22.6 Å². The molecule has 4 saturated carbocycles. The molecule has 1 heterocycles. The summed E-state index contributed by atoms with van der Waals surface area (Å²) in [6.07, 6.45) is 8.35. The molecule has 4 aliphatic carbocycles. The first-order chi connectivity index (χ1) is 10.0. The van der Waals surface area contributed by atoms with E-state index in [9.17, 15) is 0 Å². The first-order valence-electron chi connectivity index (χ1n) is 8.20. The molecule has 4 fully saturated rings. The standard InChI is InChI=1S/C18H21ClN2/c1-17-6-11-4-12(7-17)9-18(8-11,10-17)16-20-14-3-2-13(19)5-15(14)21-16/h2-3,5,11-12H,4,6-10H2,1H3,(H,20,21). The SMILES string of the molecule is CC12CC3CC(C1)CC(c1nc4ccc(Cl)cc4[nH]1)(C3)C2. The molecule has 0 radical (unpaired) electrons. The van der Waals surface area contributed by atoms with E-state index in [1.807, 2.05) is 18.2 Å². The van der Waals surface area contributed by atoms with Gasteiger partial charge in [-0.25, -0.2) is 4.98 Å². The normalized spacial score (nSPS) is 41.0. The minimum absolute atomic E-state index is 0.310. The molecule has 4 bridgehead atoms. The Labute approximate surface area is 130 Å². The zero-order valence-corrected chi connectivity index (χ0v) is 13.2. The second-order valence-corrected chi connectivity index (χ2v) is 8.74. The van der Waals surface area contributed by atoms with E-state index in [1.165, 1.54) is 44.3 Å². The van der Waals surface area contributed by atoms with E-state index >= 15 is 0 Å². The van der Waals surface area contributed by atoms with Crippen molar-refractivity contribution in [2.75, 3.05) is 0 Å². The molecule has 2 unspecified atom stereocenters. The third-order valence-electron chi connectivity index (χ3n) is 6.30. The molecule has 1 aromatic heterocycles. The van der Waals surface area contributed by atoms with Crippen molar-refractivity contribution in [3.63, 3.8) is 0 Å². The maximum Gasteiger partial charge on any atom is 0.113 e. The van der Waals surface area contributed by atoms with Crippen molar-refractivity contribution in [2.45, 2.75) is 50.9 Å². The summed E-state index contributed by atoms with van der Waals surface area (Å²) in [4.78, 5) is 8.58. The van der Waals surface area contributed by atoms with Crippen molar-refractivity contribution in [1.82, 2.24) is 9.97 Å². The highest BCUT2D eigenvalue weighted by Gasteiger charge is 2.57. The predicted octanol–water partition coefficient (Wildman–Crippen LogP) is 5.07. The molecular weight excluding hydrogens is 280 g/mol. The van der Waals surface area contributed by atoms with Gasteiger partial charge in [-0.2, -0.15) is 0 Å². The number of hydrogen-bond acceptors (Lipinski definition) is 1. The fraction of sp³-hybridized carbons (Fsp3) is 0.611. The number of benzene rings is 1. The summed E-state index contributed by atoms with van der Waals surface area (Å²) in [5.41, 5.74) is 3.03. The van der Waals surface area contributed by atoms with E-state index in [0.29, 0.717) is 10.8 Å². The molecule has 0 saturated heterocycles. The Bertz CT molecular complexity index is 718. The van der Waals surface area contributed by atoms with Crippen LogP contribution in [0.15, 0.2) is 18.2 Å². The highest BCUT2D eigenvalue weighted by atomic mass is 35.5. The molecular formula is C18H21ClN2. The minimum Gasteiger partial charge on any atom is -0.341 e. The number of halogens is 1. The van der Waals surface area contributed by atoms with Gasteiger partial charge < -0.3 is 4.98 Å². The Morgan fingerprint density at radius 1 is 1.19 bits per heavy atom. The van der Waals surface area contributed by atoms with Crippen molar-refractivity contribution in [1.29, 1.82) is 0 Å². The van der Waals surface area contributed by atoms with Crippen LogP contribution in [0.4, 0.5) is 0 Å². The summed E-state index contributed by atoms with van der Waals surface area (Å²) in [7, 11) is 0. The van der Waals surface area contributed by atoms with Gasteiger partial charge >= 0.3 is 0 Å². The van der Waals surface area contributed by atoms with Gasteiger partial charge in [0.2, 0.25) is 0 Å². The van der Waals surface area contributed by atoms with Crippen LogP contribution in [-0.4, -0.2) is 9.97 Å². The molecule has 1 aromatic carbocycles. The van der Waals surface area contributed by atoms with Gasteiger partial charge in [0, 0.05) is 10.4 Å². The molecule has 3 heteroatoms. The third-order valence-corrected chi connectivity index (χ3v) is 6.53. The summed E-state index contributed by atoms with van der Waals surface area (Å²) in [6.45, 7) is 2.51. The van der Waals surface area contributed by atoms with Crippen LogP contribution >= 0.6 is 11.6 Å². The summed E-state index contributed by atoms with van der Waals surface area (Å²) >= 11 is 6.12. The zero-order valence-electron chi connectivity index (χ0n) is 12.5. The van der Waals surface area contributed by atoms with E-state index < -0.39 is 0 Å². The van der Waals surface area contributed by atoms with Gasteiger partial charge in [0.15, 0.2) is 0 Å². The van der Waals surface area contributed by atoms with E-state index in [-0.39, 0.29) is 0 Å². The lowest BCUT2D eigenvalue weighted by Gasteiger charge is -2.60. The largest absolute Gasteiger partial charge is 0.341 e. The maximum atomic E-state index is 6.12. The Balaban J connectivity index is 1.64. The van der Waals surface area contributed by atoms with Gasteiger partial charge in [-0.05, 0) is 74.0 Å². The quantitative estimate of drug-likeness (QED) is 0.782. The summed E-state index contributed by atoms with van der Waals surface area (Å²) in [6, 6.07) is 5.99. The fourth-order valence-corrected chi connectivity index (χ4v) is 6.40. The zero-order chi connectivity index (χ0) is 14.2. The number of aromatic nitrogens is 2. The number of aromatic amines is 1. The molecule has 0 amide bonds. The molecule has 2 atom stereocenters. The van der Waals surface area contributed by atoms with Crippen molar-refractivity contribution < 1.29 is 0 Å². The van der Waals surface area contributed by atoms with Crippen LogP contribution < -0.4 is 0 Å². The maximum absolute atomic E-state index is 6.12. The molecule has 110 valence electrons. The Kier molecular flexibility index (Phi) is 2.29. The smallest absolute Gasteiger partial charge is 0.113 e. The van der Waals surface area contributed by atoms with Crippen molar-refractivity contribution in [3.05, 3.63) is 29.0 Å². The highest BCUT2D eigenvalue weighted by molar-refractivity contribution is 6.31. The Hall–Kier alpha value is -1.02. The first kappa shape index (κ1) is 12.5. The second kappa shape index (κ2) is 3.84. The minimum atomic E-state index is 0.310. The van der Waals surface area contributed by atoms with Gasteiger partial charge in [0.1, 0.15) is 5.82 Å². The lowest BCUT2D eigenvalue weighted by Crippen LogP contribution is -2.53. The highest BCUT2D eigenvalue weighted by Crippen LogP contribution is 2.65. The molecule has 6 rings (SSSR count). The average molecular weight is 301 g/mol. The molecule has 1 N–H and O–H groups in total. The van der Waals surface area contributed by atoms with Crippen LogP contribution in [-0.2, 0) is 5.41 Å². The summed E-state index contributed by atoms with van der Waals surface area (Å²) < 4.78 is 0. The van der Waals surface area contributed by atoms with Gasteiger partial charge in [-0.15, -0.1) is 0 Å². The number of H-pyrrole nitrogens is 1. The van der Waals surface area contributed by atoms with E-state index in [4.69, 9.17) is 16.6 Å².